The molecule has 0 fully saturated rings. The van der Waals surface area contributed by atoms with Crippen LogP contribution in [0.1, 0.15) is 48.6 Å². The maximum Gasteiger partial charge on any atom is 0.219 e. The average molecular weight is 397 g/mol. The first-order valence-electron chi connectivity index (χ1n) is 10.3. The molecule has 156 valence electrons. The minimum absolute atomic E-state index is 0.0244. The number of ether oxygens (including phenoxy) is 2. The van der Waals surface area contributed by atoms with Crippen molar-refractivity contribution in [2.24, 2.45) is 0 Å². The molecule has 0 aromatic heterocycles. The molecule has 29 heavy (non-hydrogen) atoms. The summed E-state index contributed by atoms with van der Waals surface area (Å²) < 4.78 is 11.1. The van der Waals surface area contributed by atoms with Crippen LogP contribution in [0.2, 0.25) is 0 Å². The molecule has 0 saturated heterocycles. The fourth-order valence-corrected chi connectivity index (χ4v) is 4.23. The van der Waals surface area contributed by atoms with Gasteiger partial charge in [0.25, 0.3) is 0 Å². The van der Waals surface area contributed by atoms with E-state index in [1.165, 1.54) is 22.3 Å². The van der Waals surface area contributed by atoms with E-state index in [-0.39, 0.29) is 18.0 Å². The van der Waals surface area contributed by atoms with Gasteiger partial charge < -0.3 is 14.8 Å². The number of fused-ring (bicyclic) bond motifs is 1. The zero-order chi connectivity index (χ0) is 21.0. The van der Waals surface area contributed by atoms with Crippen LogP contribution in [0.3, 0.4) is 0 Å². The number of methoxy groups -OCH3 is 2. The van der Waals surface area contributed by atoms with Gasteiger partial charge in [-0.25, -0.2) is 0 Å². The van der Waals surface area contributed by atoms with Crippen LogP contribution in [-0.2, 0) is 17.8 Å². The number of nitrogens with one attached hydrogen (secondary N) is 1. The molecule has 0 saturated carbocycles. The second-order valence-corrected chi connectivity index (χ2v) is 7.71. The van der Waals surface area contributed by atoms with Crippen molar-refractivity contribution in [3.8, 4) is 11.5 Å². The molecule has 2 aromatic carbocycles. The third-order valence-corrected chi connectivity index (χ3v) is 5.84. The lowest BCUT2D eigenvalue weighted by Gasteiger charge is -2.41. The lowest BCUT2D eigenvalue weighted by Crippen LogP contribution is -2.47. The highest BCUT2D eigenvalue weighted by atomic mass is 16.5. The first-order valence-corrected chi connectivity index (χ1v) is 10.3. The van der Waals surface area contributed by atoms with E-state index in [1.807, 2.05) is 6.92 Å². The molecule has 1 aliphatic rings. The Morgan fingerprint density at radius 3 is 2.55 bits per heavy atom. The van der Waals surface area contributed by atoms with E-state index in [4.69, 9.17) is 9.47 Å². The number of benzene rings is 2. The number of carbonyl (C=O) groups is 1. The first kappa shape index (κ1) is 21.2. The van der Waals surface area contributed by atoms with Gasteiger partial charge in [-0.15, -0.1) is 0 Å². The monoisotopic (exact) mass is 396 g/mol. The van der Waals surface area contributed by atoms with Gasteiger partial charge in [-0.2, -0.15) is 0 Å². The van der Waals surface area contributed by atoms with E-state index < -0.39 is 0 Å². The van der Waals surface area contributed by atoms with Crippen molar-refractivity contribution in [2.75, 3.05) is 20.8 Å². The van der Waals surface area contributed by atoms with Crippen molar-refractivity contribution < 1.29 is 14.3 Å². The van der Waals surface area contributed by atoms with E-state index in [0.717, 1.165) is 31.0 Å². The summed E-state index contributed by atoms with van der Waals surface area (Å²) in [5.41, 5.74) is 5.06. The molecule has 0 bridgehead atoms. The van der Waals surface area contributed by atoms with Gasteiger partial charge in [-0.05, 0) is 54.7 Å². The van der Waals surface area contributed by atoms with E-state index in [9.17, 15) is 4.79 Å². The van der Waals surface area contributed by atoms with Gasteiger partial charge in [0.2, 0.25) is 5.91 Å². The molecule has 1 heterocycles. The molecule has 1 amide bonds. The number of carbonyl (C=O) groups excluding carboxylic acids is 1. The minimum Gasteiger partial charge on any atom is -0.493 e. The third kappa shape index (κ3) is 4.56. The standard InChI is InChI=1S/C24H32N2O3/c1-6-23(27)25-17(3)24-20-14-22(29-5)21(28-4)13-18(20)11-12-26(24)15-19-10-8-7-9-16(19)2/h7-10,13-14,17,24H,6,11-12,15H2,1-5H3,(H,25,27)/t17-,24-/m1/s1. The first-order chi connectivity index (χ1) is 14.0. The number of amides is 1. The molecule has 1 aliphatic heterocycles. The summed E-state index contributed by atoms with van der Waals surface area (Å²) in [6, 6.07) is 12.7. The maximum atomic E-state index is 12.1. The van der Waals surface area contributed by atoms with Gasteiger partial charge in [0.05, 0.1) is 20.3 Å². The molecule has 5 heteroatoms. The van der Waals surface area contributed by atoms with Crippen LogP contribution in [0.5, 0.6) is 11.5 Å². The predicted octanol–water partition coefficient (Wildman–Crippen LogP) is 4.03. The van der Waals surface area contributed by atoms with Gasteiger partial charge in [0.15, 0.2) is 11.5 Å². The number of rotatable bonds is 7. The molecular formula is C24H32N2O3. The zero-order valence-corrected chi connectivity index (χ0v) is 18.1. The predicted molar refractivity (Wildman–Crippen MR) is 115 cm³/mol. The molecule has 2 aromatic rings. The van der Waals surface area contributed by atoms with Gasteiger partial charge in [0.1, 0.15) is 0 Å². The van der Waals surface area contributed by atoms with E-state index in [2.05, 4.69) is 60.5 Å². The average Bonchev–Trinajstić information content (AvgIpc) is 2.73. The quantitative estimate of drug-likeness (QED) is 0.768. The summed E-state index contributed by atoms with van der Waals surface area (Å²) in [5, 5.41) is 3.18. The summed E-state index contributed by atoms with van der Waals surface area (Å²) in [4.78, 5) is 14.6. The Balaban J connectivity index is 2.01. The van der Waals surface area contributed by atoms with Crippen LogP contribution in [0.25, 0.3) is 0 Å². The fraction of sp³-hybridized carbons (Fsp3) is 0.458. The van der Waals surface area contributed by atoms with Gasteiger partial charge in [-0.3, -0.25) is 9.69 Å². The van der Waals surface area contributed by atoms with Gasteiger partial charge in [0, 0.05) is 25.6 Å². The molecular weight excluding hydrogens is 364 g/mol. The Kier molecular flexibility index (Phi) is 6.80. The molecule has 0 spiro atoms. The smallest absolute Gasteiger partial charge is 0.219 e. The Bertz CT molecular complexity index is 865. The molecule has 2 atom stereocenters. The lowest BCUT2D eigenvalue weighted by molar-refractivity contribution is -0.121. The minimum atomic E-state index is -0.0244. The van der Waals surface area contributed by atoms with Crippen LogP contribution >= 0.6 is 0 Å². The van der Waals surface area contributed by atoms with E-state index >= 15 is 0 Å². The molecule has 0 aliphatic carbocycles. The number of aryl methyl sites for hydroxylation is 1. The highest BCUT2D eigenvalue weighted by molar-refractivity contribution is 5.76. The van der Waals surface area contributed by atoms with Crippen LogP contribution < -0.4 is 14.8 Å². The Labute approximate surface area is 174 Å². The normalized spacial score (nSPS) is 17.3. The lowest BCUT2D eigenvalue weighted by atomic mass is 9.87. The summed E-state index contributed by atoms with van der Waals surface area (Å²) in [5.74, 6) is 1.55. The van der Waals surface area contributed by atoms with Gasteiger partial charge in [-0.1, -0.05) is 31.2 Å². The number of hydrogen-bond donors (Lipinski definition) is 1. The van der Waals surface area contributed by atoms with Crippen molar-refractivity contribution in [2.45, 2.75) is 52.2 Å². The van der Waals surface area contributed by atoms with Crippen LogP contribution in [0.4, 0.5) is 0 Å². The molecule has 0 unspecified atom stereocenters. The Morgan fingerprint density at radius 2 is 1.90 bits per heavy atom. The third-order valence-electron chi connectivity index (χ3n) is 5.84. The van der Waals surface area contributed by atoms with Crippen LogP contribution in [-0.4, -0.2) is 37.6 Å². The topological polar surface area (TPSA) is 50.8 Å². The number of nitrogens with zero attached hydrogens (tertiary/aromatic N) is 1. The second-order valence-electron chi connectivity index (χ2n) is 7.71. The van der Waals surface area contributed by atoms with Crippen molar-refractivity contribution in [1.82, 2.24) is 10.2 Å². The summed E-state index contributed by atoms with van der Waals surface area (Å²) >= 11 is 0. The maximum absolute atomic E-state index is 12.1. The fourth-order valence-electron chi connectivity index (χ4n) is 4.23. The molecule has 3 rings (SSSR count). The van der Waals surface area contributed by atoms with Crippen molar-refractivity contribution in [1.29, 1.82) is 0 Å². The van der Waals surface area contributed by atoms with Crippen molar-refractivity contribution in [3.05, 3.63) is 58.7 Å². The largest absolute Gasteiger partial charge is 0.493 e. The zero-order valence-electron chi connectivity index (χ0n) is 18.1. The SMILES string of the molecule is CCC(=O)N[C@H](C)[C@@H]1c2cc(OC)c(OC)cc2CCN1Cc1ccccc1C. The van der Waals surface area contributed by atoms with Crippen molar-refractivity contribution >= 4 is 5.91 Å². The molecule has 0 radical (unpaired) electrons. The van der Waals surface area contributed by atoms with Crippen LogP contribution in [0, 0.1) is 6.92 Å². The van der Waals surface area contributed by atoms with E-state index in [0.29, 0.717) is 6.42 Å². The molecule has 1 N–H and O–H groups in total. The highest BCUT2D eigenvalue weighted by Gasteiger charge is 2.33. The second kappa shape index (κ2) is 9.31. The Morgan fingerprint density at radius 1 is 1.21 bits per heavy atom. The van der Waals surface area contributed by atoms with Crippen LogP contribution in [0.15, 0.2) is 36.4 Å². The molecule has 5 nitrogen and oxygen atoms in total. The highest BCUT2D eigenvalue weighted by Crippen LogP contribution is 2.40. The Hall–Kier alpha value is -2.53. The number of hydrogen-bond acceptors (Lipinski definition) is 4. The van der Waals surface area contributed by atoms with E-state index in [1.54, 1.807) is 14.2 Å². The summed E-state index contributed by atoms with van der Waals surface area (Å²) in [7, 11) is 3.33. The summed E-state index contributed by atoms with van der Waals surface area (Å²) in [6.45, 7) is 7.90. The summed E-state index contributed by atoms with van der Waals surface area (Å²) in [6.07, 6.45) is 1.42. The van der Waals surface area contributed by atoms with Gasteiger partial charge >= 0.3 is 0 Å². The van der Waals surface area contributed by atoms with Crippen molar-refractivity contribution in [3.63, 3.8) is 0 Å².